The first-order chi connectivity index (χ1) is 16.5. The van der Waals surface area contributed by atoms with Gasteiger partial charge in [-0.25, -0.2) is 4.99 Å². The summed E-state index contributed by atoms with van der Waals surface area (Å²) >= 11 is 8.26. The second-order valence-corrected chi connectivity index (χ2v) is 10.4. The van der Waals surface area contributed by atoms with Crippen LogP contribution >= 0.6 is 43.6 Å². The first-order valence-corrected chi connectivity index (χ1v) is 12.9. The highest BCUT2D eigenvalue weighted by Gasteiger charge is 2.24. The van der Waals surface area contributed by atoms with E-state index in [0.29, 0.717) is 22.4 Å². The van der Waals surface area contributed by atoms with Crippen LogP contribution in [0.3, 0.4) is 0 Å². The molecule has 1 aliphatic rings. The van der Waals surface area contributed by atoms with Gasteiger partial charge in [0.1, 0.15) is 12.4 Å². The molecule has 0 unspecified atom stereocenters. The van der Waals surface area contributed by atoms with Gasteiger partial charge in [0.25, 0.3) is 5.91 Å². The van der Waals surface area contributed by atoms with E-state index in [9.17, 15) is 4.79 Å². The number of carbonyl (C=O) groups is 1. The fraction of sp³-hybridized carbons (Fsp3) is 0.0370. The van der Waals surface area contributed by atoms with Crippen molar-refractivity contribution in [3.05, 3.63) is 110 Å². The number of benzene rings is 4. The molecule has 1 heterocycles. The molecule has 1 amide bonds. The molecular weight excluding hydrogens is 576 g/mol. The number of fused-ring (bicyclic) bond motifs is 1. The molecule has 1 aliphatic heterocycles. The van der Waals surface area contributed by atoms with Crippen LogP contribution in [-0.2, 0) is 11.4 Å². The molecule has 7 heteroatoms. The summed E-state index contributed by atoms with van der Waals surface area (Å²) in [5.41, 5.74) is 2.70. The second kappa shape index (κ2) is 10.2. The average molecular weight is 594 g/mol. The predicted octanol–water partition coefficient (Wildman–Crippen LogP) is 7.84. The highest BCUT2D eigenvalue weighted by atomic mass is 79.9. The van der Waals surface area contributed by atoms with Gasteiger partial charge in [0.15, 0.2) is 5.17 Å². The molecule has 0 saturated carbocycles. The van der Waals surface area contributed by atoms with Crippen molar-refractivity contribution in [2.75, 3.05) is 0 Å². The number of ether oxygens (including phenoxy) is 1. The smallest absolute Gasteiger partial charge is 0.264 e. The van der Waals surface area contributed by atoms with Crippen LogP contribution in [0, 0.1) is 0 Å². The zero-order chi connectivity index (χ0) is 23.5. The number of halogens is 2. The molecule has 4 aromatic carbocycles. The van der Waals surface area contributed by atoms with Crippen LogP contribution < -0.4 is 10.1 Å². The van der Waals surface area contributed by atoms with Gasteiger partial charge < -0.3 is 10.1 Å². The Balaban J connectivity index is 1.39. The minimum Gasteiger partial charge on any atom is -0.488 e. The summed E-state index contributed by atoms with van der Waals surface area (Å²) in [6.07, 6.45) is 1.84. The number of amides is 1. The van der Waals surface area contributed by atoms with Crippen molar-refractivity contribution in [3.8, 4) is 5.75 Å². The molecule has 5 rings (SSSR count). The van der Waals surface area contributed by atoms with E-state index in [-0.39, 0.29) is 5.91 Å². The van der Waals surface area contributed by atoms with E-state index in [1.54, 1.807) is 0 Å². The molecule has 0 atom stereocenters. The topological polar surface area (TPSA) is 50.7 Å². The highest BCUT2D eigenvalue weighted by Crippen LogP contribution is 2.33. The summed E-state index contributed by atoms with van der Waals surface area (Å²) < 4.78 is 8.11. The van der Waals surface area contributed by atoms with Crippen LogP contribution in [0.2, 0.25) is 0 Å². The maximum atomic E-state index is 12.6. The molecule has 4 aromatic rings. The van der Waals surface area contributed by atoms with Crippen LogP contribution in [-0.4, -0.2) is 11.1 Å². The van der Waals surface area contributed by atoms with Crippen LogP contribution in [0.4, 0.5) is 5.69 Å². The molecule has 0 radical (unpaired) electrons. The Labute approximate surface area is 218 Å². The second-order valence-electron chi connectivity index (χ2n) is 7.57. The summed E-state index contributed by atoms with van der Waals surface area (Å²) in [7, 11) is 0. The monoisotopic (exact) mass is 592 g/mol. The zero-order valence-electron chi connectivity index (χ0n) is 17.8. The van der Waals surface area contributed by atoms with E-state index in [0.717, 1.165) is 25.8 Å². The molecule has 0 spiro atoms. The molecule has 34 heavy (non-hydrogen) atoms. The summed E-state index contributed by atoms with van der Waals surface area (Å²) in [6, 6.07) is 27.9. The summed E-state index contributed by atoms with van der Waals surface area (Å²) in [6.45, 7) is 0.425. The van der Waals surface area contributed by atoms with Crippen LogP contribution in [0.5, 0.6) is 5.75 Å². The molecule has 168 valence electrons. The van der Waals surface area contributed by atoms with Crippen LogP contribution in [0.1, 0.15) is 11.1 Å². The van der Waals surface area contributed by atoms with Gasteiger partial charge in [-0.1, -0.05) is 74.3 Å². The van der Waals surface area contributed by atoms with Gasteiger partial charge in [-0.2, -0.15) is 0 Å². The maximum Gasteiger partial charge on any atom is 0.264 e. The Hall–Kier alpha value is -2.87. The normalized spacial score (nSPS) is 15.8. The molecule has 0 bridgehead atoms. The summed E-state index contributed by atoms with van der Waals surface area (Å²) in [5.74, 6) is 0.524. The fourth-order valence-electron chi connectivity index (χ4n) is 3.59. The van der Waals surface area contributed by atoms with Gasteiger partial charge in [-0.15, -0.1) is 0 Å². The van der Waals surface area contributed by atoms with Crippen molar-refractivity contribution in [1.29, 1.82) is 0 Å². The number of carbonyl (C=O) groups excluding carboxylic acids is 1. The SMILES string of the molecule is O=C1NC(=Nc2ccc(Br)cc2)S/C1=C\c1cc(Br)ccc1OCc1cccc2ccccc12. The lowest BCUT2D eigenvalue weighted by Crippen LogP contribution is -2.19. The molecule has 0 aliphatic carbocycles. The lowest BCUT2D eigenvalue weighted by molar-refractivity contribution is -0.115. The average Bonchev–Trinajstić information content (AvgIpc) is 3.18. The molecule has 0 aromatic heterocycles. The minimum absolute atomic E-state index is 0.180. The minimum atomic E-state index is -0.180. The molecule has 1 N–H and O–H groups in total. The number of hydrogen-bond acceptors (Lipinski definition) is 4. The molecule has 1 saturated heterocycles. The first kappa shape index (κ1) is 22.9. The van der Waals surface area contributed by atoms with Gasteiger partial charge in [0.2, 0.25) is 0 Å². The number of thioether (sulfide) groups is 1. The van der Waals surface area contributed by atoms with E-state index < -0.39 is 0 Å². The maximum absolute atomic E-state index is 12.6. The Morgan fingerprint density at radius 1 is 0.912 bits per heavy atom. The van der Waals surface area contributed by atoms with E-state index in [4.69, 9.17) is 4.74 Å². The van der Waals surface area contributed by atoms with Crippen molar-refractivity contribution in [1.82, 2.24) is 5.32 Å². The Kier molecular flexibility index (Phi) is 6.85. The lowest BCUT2D eigenvalue weighted by Gasteiger charge is -2.12. The number of nitrogens with one attached hydrogen (secondary N) is 1. The number of hydrogen-bond donors (Lipinski definition) is 1. The van der Waals surface area contributed by atoms with Crippen molar-refractivity contribution in [2.24, 2.45) is 4.99 Å². The fourth-order valence-corrected chi connectivity index (χ4v) is 5.07. The third-order valence-corrected chi connectivity index (χ3v) is 7.16. The largest absolute Gasteiger partial charge is 0.488 e. The van der Waals surface area contributed by atoms with Gasteiger partial charge >= 0.3 is 0 Å². The van der Waals surface area contributed by atoms with Gasteiger partial charge in [0, 0.05) is 14.5 Å². The first-order valence-electron chi connectivity index (χ1n) is 10.5. The van der Waals surface area contributed by atoms with Crippen molar-refractivity contribution in [3.63, 3.8) is 0 Å². The van der Waals surface area contributed by atoms with E-state index >= 15 is 0 Å². The van der Waals surface area contributed by atoms with Gasteiger partial charge in [-0.05, 0) is 76.6 Å². The van der Waals surface area contributed by atoms with Crippen molar-refractivity contribution >= 4 is 77.2 Å². The predicted molar refractivity (Wildman–Crippen MR) is 147 cm³/mol. The van der Waals surface area contributed by atoms with Crippen molar-refractivity contribution < 1.29 is 9.53 Å². The number of aliphatic imine (C=N–C) groups is 1. The van der Waals surface area contributed by atoms with Crippen LogP contribution in [0.15, 0.2) is 104 Å². The third kappa shape index (κ3) is 5.27. The summed E-state index contributed by atoms with van der Waals surface area (Å²) in [5, 5.41) is 5.74. The van der Waals surface area contributed by atoms with E-state index in [1.807, 2.05) is 66.7 Å². The molecular formula is C27H18Br2N2O2S. The third-order valence-electron chi connectivity index (χ3n) is 5.23. The standard InChI is InChI=1S/C27H18Br2N2O2S/c28-20-8-11-22(12-9-20)30-27-31-26(32)25(34-27)15-19-14-21(29)10-13-24(19)33-16-18-6-3-5-17-4-1-2-7-23(17)18/h1-15H,16H2,(H,30,31,32)/b25-15-. The molecule has 4 nitrogen and oxygen atoms in total. The number of nitrogens with zero attached hydrogens (tertiary/aromatic N) is 1. The van der Waals surface area contributed by atoms with Gasteiger partial charge in [0.05, 0.1) is 10.6 Å². The van der Waals surface area contributed by atoms with E-state index in [1.165, 1.54) is 22.5 Å². The Morgan fingerprint density at radius 2 is 1.68 bits per heavy atom. The quantitative estimate of drug-likeness (QED) is 0.240. The number of rotatable bonds is 5. The van der Waals surface area contributed by atoms with Crippen LogP contribution in [0.25, 0.3) is 16.8 Å². The lowest BCUT2D eigenvalue weighted by atomic mass is 10.1. The van der Waals surface area contributed by atoms with Crippen molar-refractivity contribution in [2.45, 2.75) is 6.61 Å². The highest BCUT2D eigenvalue weighted by molar-refractivity contribution is 9.10. The van der Waals surface area contributed by atoms with E-state index in [2.05, 4.69) is 66.4 Å². The zero-order valence-corrected chi connectivity index (χ0v) is 21.8. The Morgan fingerprint density at radius 3 is 2.53 bits per heavy atom. The number of amidine groups is 1. The summed E-state index contributed by atoms with van der Waals surface area (Å²) in [4.78, 5) is 17.7. The Bertz CT molecular complexity index is 1440. The molecule has 1 fully saturated rings. The van der Waals surface area contributed by atoms with Gasteiger partial charge in [-0.3, -0.25) is 4.79 Å².